The van der Waals surface area contributed by atoms with E-state index in [9.17, 15) is 14.4 Å². The molecule has 0 bridgehead atoms. The highest BCUT2D eigenvalue weighted by atomic mass is 35.5. The first-order valence-electron chi connectivity index (χ1n) is 10.6. The second-order valence-electron chi connectivity index (χ2n) is 8.19. The number of amidine groups is 1. The van der Waals surface area contributed by atoms with Gasteiger partial charge in [0.15, 0.2) is 5.17 Å². The first kappa shape index (κ1) is 24.0. The average Bonchev–Trinajstić information content (AvgIpc) is 3.15. The minimum Gasteiger partial charge on any atom is -0.352 e. The molecule has 7 nitrogen and oxygen atoms in total. The number of hydrogen-bond acceptors (Lipinski definition) is 5. The molecule has 3 aliphatic rings. The molecule has 0 radical (unpaired) electrons. The quantitative estimate of drug-likeness (QED) is 0.485. The smallest absolute Gasteiger partial charge is 0.309 e. The number of amides is 2. The number of nitrogens with zero attached hydrogens (tertiary/aromatic N) is 2. The zero-order valence-corrected chi connectivity index (χ0v) is 18.8. The minimum atomic E-state index is -0.733. The molecule has 1 saturated heterocycles. The zero-order valence-electron chi connectivity index (χ0n) is 17.2. The Morgan fingerprint density at radius 2 is 1.66 bits per heavy atom. The molecule has 2 saturated carbocycles. The van der Waals surface area contributed by atoms with Crippen molar-refractivity contribution in [3.05, 3.63) is 0 Å². The fraction of sp³-hybridized carbons (Fsp3) is 0.800. The van der Waals surface area contributed by atoms with Crippen LogP contribution in [0.4, 0.5) is 0 Å². The third-order valence-electron chi connectivity index (χ3n) is 6.14. The van der Waals surface area contributed by atoms with Gasteiger partial charge in [-0.25, -0.2) is 5.43 Å². The molecule has 3 rings (SSSR count). The second kappa shape index (κ2) is 11.8. The molecule has 3 fully saturated rings. The van der Waals surface area contributed by atoms with Crippen LogP contribution in [0.3, 0.4) is 0 Å². The lowest BCUT2D eigenvalue weighted by Gasteiger charge is -2.31. The van der Waals surface area contributed by atoms with Gasteiger partial charge in [0.05, 0.1) is 0 Å². The van der Waals surface area contributed by atoms with Crippen molar-refractivity contribution in [1.29, 1.82) is 0 Å². The van der Waals surface area contributed by atoms with Crippen LogP contribution >= 0.6 is 24.2 Å². The molecule has 1 aliphatic heterocycles. The van der Waals surface area contributed by atoms with E-state index in [0.717, 1.165) is 70.1 Å². The number of nitrogens with one attached hydrogen (secondary N) is 2. The highest BCUT2D eigenvalue weighted by Crippen LogP contribution is 2.29. The Morgan fingerprint density at radius 1 is 1.03 bits per heavy atom. The number of carbonyl (C=O) groups excluding carboxylic acids is 3. The van der Waals surface area contributed by atoms with Gasteiger partial charge in [0.25, 0.3) is 0 Å². The van der Waals surface area contributed by atoms with Crippen LogP contribution in [0, 0.1) is 11.8 Å². The van der Waals surface area contributed by atoms with Crippen LogP contribution in [0.25, 0.3) is 0 Å². The van der Waals surface area contributed by atoms with Gasteiger partial charge in [-0.15, -0.1) is 17.5 Å². The Morgan fingerprint density at radius 3 is 2.24 bits per heavy atom. The lowest BCUT2D eigenvalue weighted by atomic mass is 9.81. The van der Waals surface area contributed by atoms with Gasteiger partial charge >= 0.3 is 5.91 Å². The molecule has 2 aliphatic carbocycles. The van der Waals surface area contributed by atoms with Crippen LogP contribution in [0.5, 0.6) is 0 Å². The molecule has 1 heterocycles. The number of hydrazone groups is 1. The summed E-state index contributed by atoms with van der Waals surface area (Å²) in [6.07, 6.45) is 10.0. The normalized spacial score (nSPS) is 23.3. The number of hydrogen-bond donors (Lipinski definition) is 2. The fourth-order valence-corrected chi connectivity index (χ4v) is 5.36. The van der Waals surface area contributed by atoms with Crippen molar-refractivity contribution >= 4 is 46.9 Å². The Kier molecular flexibility index (Phi) is 9.75. The van der Waals surface area contributed by atoms with E-state index in [2.05, 4.69) is 15.8 Å². The van der Waals surface area contributed by atoms with Crippen molar-refractivity contribution in [3.8, 4) is 0 Å². The van der Waals surface area contributed by atoms with Gasteiger partial charge < -0.3 is 10.2 Å². The summed E-state index contributed by atoms with van der Waals surface area (Å²) in [7, 11) is 1.90. The zero-order chi connectivity index (χ0) is 19.9. The van der Waals surface area contributed by atoms with Crippen molar-refractivity contribution in [3.63, 3.8) is 0 Å². The maximum absolute atomic E-state index is 12.9. The van der Waals surface area contributed by atoms with Crippen molar-refractivity contribution in [1.82, 2.24) is 15.6 Å². The number of halogens is 1. The first-order valence-corrected chi connectivity index (χ1v) is 11.6. The van der Waals surface area contributed by atoms with Gasteiger partial charge in [-0.1, -0.05) is 50.3 Å². The van der Waals surface area contributed by atoms with Crippen molar-refractivity contribution in [2.24, 2.45) is 16.9 Å². The summed E-state index contributed by atoms with van der Waals surface area (Å²) in [5.74, 6) is -0.426. The molecule has 164 valence electrons. The van der Waals surface area contributed by atoms with E-state index in [1.807, 2.05) is 11.9 Å². The molecular weight excluding hydrogens is 412 g/mol. The van der Waals surface area contributed by atoms with Crippen LogP contribution in [-0.2, 0) is 14.4 Å². The third kappa shape index (κ3) is 6.60. The van der Waals surface area contributed by atoms with Gasteiger partial charge in [0.2, 0.25) is 11.7 Å². The monoisotopic (exact) mass is 444 g/mol. The molecule has 0 spiro atoms. The van der Waals surface area contributed by atoms with E-state index in [0.29, 0.717) is 5.17 Å². The molecule has 0 unspecified atom stereocenters. The van der Waals surface area contributed by atoms with Crippen LogP contribution < -0.4 is 10.7 Å². The molecule has 1 atom stereocenters. The Bertz CT molecular complexity index is 619. The summed E-state index contributed by atoms with van der Waals surface area (Å²) in [6.45, 7) is 0.870. The van der Waals surface area contributed by atoms with Gasteiger partial charge in [-0.2, -0.15) is 0 Å². The van der Waals surface area contributed by atoms with Crippen molar-refractivity contribution in [2.45, 2.75) is 70.3 Å². The van der Waals surface area contributed by atoms with Crippen molar-refractivity contribution in [2.75, 3.05) is 19.3 Å². The van der Waals surface area contributed by atoms with E-state index >= 15 is 0 Å². The maximum atomic E-state index is 12.9. The summed E-state index contributed by atoms with van der Waals surface area (Å²) in [4.78, 5) is 40.1. The molecule has 29 heavy (non-hydrogen) atoms. The van der Waals surface area contributed by atoms with Gasteiger partial charge in [0.1, 0.15) is 6.04 Å². The number of carbonyl (C=O) groups is 3. The Balaban J connectivity index is 0.00000300. The van der Waals surface area contributed by atoms with E-state index < -0.39 is 17.7 Å². The average molecular weight is 445 g/mol. The molecule has 0 aromatic heterocycles. The topological polar surface area (TPSA) is 90.9 Å². The summed E-state index contributed by atoms with van der Waals surface area (Å²) >= 11 is 1.55. The molecule has 0 aromatic carbocycles. The minimum absolute atomic E-state index is 0. The molecule has 0 aromatic rings. The first-order chi connectivity index (χ1) is 13.6. The van der Waals surface area contributed by atoms with Gasteiger partial charge in [0, 0.05) is 25.3 Å². The van der Waals surface area contributed by atoms with Crippen LogP contribution in [0.15, 0.2) is 5.10 Å². The van der Waals surface area contributed by atoms with E-state index in [1.165, 1.54) is 6.42 Å². The van der Waals surface area contributed by atoms with Crippen LogP contribution in [0.1, 0.15) is 64.2 Å². The largest absolute Gasteiger partial charge is 0.352 e. The number of Topliss-reactive ketones (excluding diaryl/α,β-unsaturated/α-hetero) is 1. The SMILES string of the molecule is CN1CCS/C1=N\NC(=O)C(=O)[C@@H](NC(=O)C1CCCCC1)C1CCCCC1.Cl. The lowest BCUT2D eigenvalue weighted by Crippen LogP contribution is -2.52. The van der Waals surface area contributed by atoms with Crippen LogP contribution in [-0.4, -0.2) is 53.1 Å². The van der Waals surface area contributed by atoms with Gasteiger partial charge in [-0.05, 0) is 31.6 Å². The van der Waals surface area contributed by atoms with E-state index in [4.69, 9.17) is 0 Å². The number of ketones is 1. The van der Waals surface area contributed by atoms with E-state index in [-0.39, 0.29) is 30.2 Å². The molecular formula is C20H33ClN4O3S. The molecule has 9 heteroatoms. The molecule has 2 amide bonds. The predicted molar refractivity (Wildman–Crippen MR) is 118 cm³/mol. The Hall–Kier alpha value is -1.28. The third-order valence-corrected chi connectivity index (χ3v) is 7.19. The highest BCUT2D eigenvalue weighted by Gasteiger charge is 2.36. The lowest BCUT2D eigenvalue weighted by molar-refractivity contribution is -0.141. The highest BCUT2D eigenvalue weighted by molar-refractivity contribution is 8.14. The summed E-state index contributed by atoms with van der Waals surface area (Å²) in [5, 5.41) is 7.76. The predicted octanol–water partition coefficient (Wildman–Crippen LogP) is 2.69. The summed E-state index contributed by atoms with van der Waals surface area (Å²) < 4.78 is 0. The van der Waals surface area contributed by atoms with Crippen molar-refractivity contribution < 1.29 is 14.4 Å². The number of thioether (sulfide) groups is 1. The fourth-order valence-electron chi connectivity index (χ4n) is 4.39. The second-order valence-corrected chi connectivity index (χ2v) is 9.25. The maximum Gasteiger partial charge on any atom is 0.309 e. The van der Waals surface area contributed by atoms with E-state index in [1.54, 1.807) is 11.8 Å². The standard InChI is InChI=1S/C20H32N4O3S.ClH/c1-24-12-13-28-20(24)23-22-19(27)17(25)16(14-8-4-2-5-9-14)21-18(26)15-10-6-3-7-11-15;/h14-16H,2-13H2,1H3,(H,21,26)(H,22,27);1H/b23-20-;/t16-;/m0./s1. The molecule has 2 N–H and O–H groups in total. The van der Waals surface area contributed by atoms with Gasteiger partial charge in [-0.3, -0.25) is 14.4 Å². The summed E-state index contributed by atoms with van der Waals surface area (Å²) in [5.41, 5.74) is 2.41. The Labute approximate surface area is 183 Å². The summed E-state index contributed by atoms with van der Waals surface area (Å²) in [6, 6.07) is -0.733. The number of rotatable bonds is 6. The van der Waals surface area contributed by atoms with Crippen LogP contribution in [0.2, 0.25) is 0 Å².